The van der Waals surface area contributed by atoms with E-state index in [0.29, 0.717) is 17.9 Å². The van der Waals surface area contributed by atoms with Crippen molar-refractivity contribution in [2.75, 3.05) is 19.6 Å². The molecule has 3 nitrogen and oxygen atoms in total. The van der Waals surface area contributed by atoms with Gasteiger partial charge < -0.3 is 10.2 Å². The quantitative estimate of drug-likeness (QED) is 0.781. The largest absolute Gasteiger partial charge is 0.340 e. The molecule has 19 heavy (non-hydrogen) atoms. The molecule has 1 fully saturated rings. The number of amides is 1. The smallest absolute Gasteiger partial charge is 0.223 e. The predicted molar refractivity (Wildman–Crippen MR) is 83.8 cm³/mol. The molecule has 1 aliphatic heterocycles. The van der Waals surface area contributed by atoms with E-state index in [1.54, 1.807) is 0 Å². The van der Waals surface area contributed by atoms with Crippen LogP contribution in [-0.4, -0.2) is 36.5 Å². The zero-order valence-electron chi connectivity index (χ0n) is 12.8. The third kappa shape index (κ3) is 6.13. The first-order valence-electron chi connectivity index (χ1n) is 7.73. The Morgan fingerprint density at radius 2 is 1.79 bits per heavy atom. The van der Waals surface area contributed by atoms with Crippen LogP contribution in [0.3, 0.4) is 0 Å². The molecule has 1 rings (SSSR count). The first kappa shape index (κ1) is 18.7. The van der Waals surface area contributed by atoms with Gasteiger partial charge in [0.25, 0.3) is 0 Å². The SMILES string of the molecule is CCCN(C(=O)CC(CC)CC)C1CCNCC1.Cl. The molecule has 1 amide bonds. The van der Waals surface area contributed by atoms with Gasteiger partial charge in [-0.1, -0.05) is 33.6 Å². The monoisotopic (exact) mass is 290 g/mol. The minimum absolute atomic E-state index is 0. The standard InChI is InChI=1S/C15H30N2O.ClH/c1-4-11-17(14-7-9-16-10-8-14)15(18)12-13(5-2)6-3;/h13-14,16H,4-12H2,1-3H3;1H. The molecular formula is C15H31ClN2O. The van der Waals surface area contributed by atoms with Gasteiger partial charge in [0.1, 0.15) is 0 Å². The van der Waals surface area contributed by atoms with Crippen LogP contribution in [0.15, 0.2) is 0 Å². The molecule has 114 valence electrons. The molecule has 1 heterocycles. The fourth-order valence-electron chi connectivity index (χ4n) is 2.81. The highest BCUT2D eigenvalue weighted by Gasteiger charge is 2.25. The highest BCUT2D eigenvalue weighted by Crippen LogP contribution is 2.19. The number of hydrogen-bond acceptors (Lipinski definition) is 2. The Morgan fingerprint density at radius 1 is 1.21 bits per heavy atom. The number of nitrogens with zero attached hydrogens (tertiary/aromatic N) is 1. The van der Waals surface area contributed by atoms with Crippen LogP contribution < -0.4 is 5.32 Å². The molecule has 1 aliphatic rings. The average molecular weight is 291 g/mol. The van der Waals surface area contributed by atoms with Crippen molar-refractivity contribution < 1.29 is 4.79 Å². The normalized spacial score (nSPS) is 16.2. The zero-order valence-corrected chi connectivity index (χ0v) is 13.6. The maximum absolute atomic E-state index is 12.5. The number of carbonyl (C=O) groups excluding carboxylic acids is 1. The molecule has 0 radical (unpaired) electrons. The summed E-state index contributed by atoms with van der Waals surface area (Å²) in [5, 5.41) is 3.38. The van der Waals surface area contributed by atoms with E-state index >= 15 is 0 Å². The third-order valence-electron chi connectivity index (χ3n) is 4.15. The lowest BCUT2D eigenvalue weighted by Crippen LogP contribution is -2.46. The Bertz CT molecular complexity index is 238. The summed E-state index contributed by atoms with van der Waals surface area (Å²) >= 11 is 0. The van der Waals surface area contributed by atoms with Gasteiger partial charge in [0.05, 0.1) is 0 Å². The highest BCUT2D eigenvalue weighted by molar-refractivity contribution is 5.85. The molecule has 0 aliphatic carbocycles. The third-order valence-corrected chi connectivity index (χ3v) is 4.15. The summed E-state index contributed by atoms with van der Waals surface area (Å²) in [6.07, 6.45) is 6.29. The van der Waals surface area contributed by atoms with Crippen LogP contribution in [0.25, 0.3) is 0 Å². The van der Waals surface area contributed by atoms with Crippen molar-refractivity contribution in [2.24, 2.45) is 5.92 Å². The lowest BCUT2D eigenvalue weighted by Gasteiger charge is -2.35. The van der Waals surface area contributed by atoms with Crippen molar-refractivity contribution in [1.29, 1.82) is 0 Å². The molecule has 0 bridgehead atoms. The van der Waals surface area contributed by atoms with Gasteiger partial charge in [-0.05, 0) is 38.3 Å². The predicted octanol–water partition coefficient (Wildman–Crippen LogP) is 3.23. The van der Waals surface area contributed by atoms with E-state index in [0.717, 1.165) is 58.2 Å². The zero-order chi connectivity index (χ0) is 13.4. The Labute approximate surface area is 124 Å². The molecular weight excluding hydrogens is 260 g/mol. The number of piperidine rings is 1. The van der Waals surface area contributed by atoms with E-state index in [1.165, 1.54) is 0 Å². The second-order valence-electron chi connectivity index (χ2n) is 5.45. The average Bonchev–Trinajstić information content (AvgIpc) is 2.42. The Morgan fingerprint density at radius 3 is 2.26 bits per heavy atom. The second-order valence-corrected chi connectivity index (χ2v) is 5.45. The maximum Gasteiger partial charge on any atom is 0.223 e. The molecule has 0 aromatic rings. The van der Waals surface area contributed by atoms with Crippen LogP contribution in [-0.2, 0) is 4.79 Å². The summed E-state index contributed by atoms with van der Waals surface area (Å²) in [7, 11) is 0. The maximum atomic E-state index is 12.5. The first-order chi connectivity index (χ1) is 8.72. The first-order valence-corrected chi connectivity index (χ1v) is 7.73. The van der Waals surface area contributed by atoms with Gasteiger partial charge in [-0.25, -0.2) is 0 Å². The Hall–Kier alpha value is -0.280. The molecule has 1 saturated heterocycles. The van der Waals surface area contributed by atoms with Crippen LogP contribution >= 0.6 is 12.4 Å². The second kappa shape index (κ2) is 10.5. The Kier molecular flexibility index (Phi) is 10.3. The number of hydrogen-bond donors (Lipinski definition) is 1. The molecule has 0 unspecified atom stereocenters. The van der Waals surface area contributed by atoms with Crippen molar-refractivity contribution >= 4 is 18.3 Å². The van der Waals surface area contributed by atoms with E-state index in [1.807, 2.05) is 0 Å². The van der Waals surface area contributed by atoms with E-state index < -0.39 is 0 Å². The van der Waals surface area contributed by atoms with Crippen LogP contribution in [0.2, 0.25) is 0 Å². The van der Waals surface area contributed by atoms with E-state index in [9.17, 15) is 4.79 Å². The molecule has 0 aromatic heterocycles. The van der Waals surface area contributed by atoms with Crippen LogP contribution in [0.1, 0.15) is 59.3 Å². The van der Waals surface area contributed by atoms with Crippen molar-refractivity contribution in [3.05, 3.63) is 0 Å². The lowest BCUT2D eigenvalue weighted by molar-refractivity contribution is -0.135. The fraction of sp³-hybridized carbons (Fsp3) is 0.933. The lowest BCUT2D eigenvalue weighted by atomic mass is 9.97. The van der Waals surface area contributed by atoms with E-state index in [-0.39, 0.29) is 12.4 Å². The molecule has 1 N–H and O–H groups in total. The summed E-state index contributed by atoms with van der Waals surface area (Å²) in [5.74, 6) is 0.955. The van der Waals surface area contributed by atoms with Crippen molar-refractivity contribution in [2.45, 2.75) is 65.3 Å². The molecule has 4 heteroatoms. The fourth-order valence-corrected chi connectivity index (χ4v) is 2.81. The number of rotatable bonds is 7. The minimum atomic E-state index is 0. The number of carbonyl (C=O) groups is 1. The summed E-state index contributed by atoms with van der Waals surface area (Å²) in [5.41, 5.74) is 0. The summed E-state index contributed by atoms with van der Waals surface area (Å²) in [4.78, 5) is 14.6. The van der Waals surface area contributed by atoms with Gasteiger partial charge in [-0.15, -0.1) is 12.4 Å². The number of halogens is 1. The topological polar surface area (TPSA) is 32.3 Å². The van der Waals surface area contributed by atoms with Gasteiger partial charge >= 0.3 is 0 Å². The number of nitrogens with one attached hydrogen (secondary N) is 1. The van der Waals surface area contributed by atoms with Gasteiger partial charge in [0.2, 0.25) is 5.91 Å². The van der Waals surface area contributed by atoms with Gasteiger partial charge in [0, 0.05) is 19.0 Å². The van der Waals surface area contributed by atoms with Gasteiger partial charge in [0.15, 0.2) is 0 Å². The van der Waals surface area contributed by atoms with Gasteiger partial charge in [-0.2, -0.15) is 0 Å². The van der Waals surface area contributed by atoms with Crippen LogP contribution in [0.4, 0.5) is 0 Å². The van der Waals surface area contributed by atoms with Gasteiger partial charge in [-0.3, -0.25) is 4.79 Å². The molecule has 0 spiro atoms. The summed E-state index contributed by atoms with van der Waals surface area (Å²) < 4.78 is 0. The van der Waals surface area contributed by atoms with Crippen molar-refractivity contribution in [3.63, 3.8) is 0 Å². The Balaban J connectivity index is 0.00000324. The minimum Gasteiger partial charge on any atom is -0.340 e. The van der Waals surface area contributed by atoms with Crippen molar-refractivity contribution in [3.8, 4) is 0 Å². The summed E-state index contributed by atoms with van der Waals surface area (Å²) in [6.45, 7) is 9.60. The van der Waals surface area contributed by atoms with Crippen molar-refractivity contribution in [1.82, 2.24) is 10.2 Å². The molecule has 0 atom stereocenters. The van der Waals surface area contributed by atoms with Crippen LogP contribution in [0.5, 0.6) is 0 Å². The highest BCUT2D eigenvalue weighted by atomic mass is 35.5. The van der Waals surface area contributed by atoms with E-state index in [2.05, 4.69) is 31.0 Å². The summed E-state index contributed by atoms with van der Waals surface area (Å²) in [6, 6.07) is 0.480. The molecule has 0 aromatic carbocycles. The van der Waals surface area contributed by atoms with E-state index in [4.69, 9.17) is 0 Å². The molecule has 0 saturated carbocycles. The van der Waals surface area contributed by atoms with Crippen LogP contribution in [0, 0.1) is 5.92 Å².